The highest BCUT2D eigenvalue weighted by Crippen LogP contribution is 2.60. The van der Waals surface area contributed by atoms with E-state index in [0.29, 0.717) is 44.8 Å². The Balaban J connectivity index is 1.41. The molecular weight excluding hydrogens is 544 g/mol. The summed E-state index contributed by atoms with van der Waals surface area (Å²) >= 11 is 3.68. The van der Waals surface area contributed by atoms with Crippen molar-refractivity contribution in [2.24, 2.45) is 11.8 Å². The third kappa shape index (κ3) is 4.69. The molecule has 3 amide bonds. The number of rotatable bonds is 9. The van der Waals surface area contributed by atoms with Crippen LogP contribution in [0, 0.1) is 11.8 Å². The van der Waals surface area contributed by atoms with Crippen molar-refractivity contribution in [1.82, 2.24) is 15.1 Å². The van der Waals surface area contributed by atoms with Crippen molar-refractivity contribution >= 4 is 39.3 Å². The molecule has 11 heteroatoms. The fourth-order valence-corrected chi connectivity index (χ4v) is 7.42. The van der Waals surface area contributed by atoms with Gasteiger partial charge in [-0.15, -0.1) is 0 Å². The fraction of sp³-hybridized carbons (Fsp3) is 0.654. The summed E-state index contributed by atoms with van der Waals surface area (Å²) in [7, 11) is 0. The van der Waals surface area contributed by atoms with Gasteiger partial charge in [0.15, 0.2) is 0 Å². The molecule has 4 saturated heterocycles. The summed E-state index contributed by atoms with van der Waals surface area (Å²) in [5.41, 5.74) is -0.503. The maximum atomic E-state index is 14.0. The number of para-hydroxylation sites is 1. The van der Waals surface area contributed by atoms with Crippen LogP contribution in [0.3, 0.4) is 0 Å². The van der Waals surface area contributed by atoms with Gasteiger partial charge in [-0.1, -0.05) is 41.1 Å². The number of benzene rings is 1. The molecule has 7 atom stereocenters. The third-order valence-corrected chi connectivity index (χ3v) is 9.07. The minimum Gasteiger partial charge on any atom is -0.394 e. The number of alkyl halides is 1. The van der Waals surface area contributed by atoms with Crippen molar-refractivity contribution < 1.29 is 29.0 Å². The number of anilines is 1. The summed E-state index contributed by atoms with van der Waals surface area (Å²) < 4.78 is 11.9. The summed E-state index contributed by atoms with van der Waals surface area (Å²) in [4.78, 5) is 44.8. The Bertz CT molecular complexity index is 1000. The first-order valence-electron chi connectivity index (χ1n) is 13.1. The second kappa shape index (κ2) is 11.0. The highest BCUT2D eigenvalue weighted by atomic mass is 79.9. The van der Waals surface area contributed by atoms with E-state index in [1.807, 2.05) is 25.1 Å². The molecule has 0 aliphatic carbocycles. The van der Waals surface area contributed by atoms with E-state index < -0.39 is 35.6 Å². The molecule has 3 unspecified atom stereocenters. The molecular formula is C26H35BrN4O6. The molecule has 2 bridgehead atoms. The maximum Gasteiger partial charge on any atom is 0.245 e. The van der Waals surface area contributed by atoms with Gasteiger partial charge < -0.3 is 30.1 Å². The van der Waals surface area contributed by atoms with Crippen molar-refractivity contribution in [3.05, 3.63) is 30.3 Å². The second-order valence-corrected chi connectivity index (χ2v) is 11.4. The van der Waals surface area contributed by atoms with Gasteiger partial charge in [0.05, 0.1) is 43.8 Å². The first kappa shape index (κ1) is 26.6. The summed E-state index contributed by atoms with van der Waals surface area (Å²) in [5.74, 6) is -2.46. The Morgan fingerprint density at radius 1 is 1.22 bits per heavy atom. The van der Waals surface area contributed by atoms with Crippen LogP contribution in [0.5, 0.6) is 0 Å². The van der Waals surface area contributed by atoms with Crippen LogP contribution < -0.4 is 10.6 Å². The number of fused-ring (bicyclic) bond motifs is 1. The second-order valence-electron chi connectivity index (χ2n) is 10.3. The Labute approximate surface area is 225 Å². The van der Waals surface area contributed by atoms with Crippen LogP contribution in [0.25, 0.3) is 0 Å². The molecule has 4 fully saturated rings. The zero-order valence-corrected chi connectivity index (χ0v) is 22.6. The van der Waals surface area contributed by atoms with Crippen LogP contribution >= 0.6 is 15.9 Å². The SMILES string of the molecule is CC[C@@H](CO)N1C(=O)[C@@H]2[C@@H](C(=O)Nc3ccccc3)[C@@H]3OC2(CC3Br)C1C(=O)NCCN1CCOCC1. The number of morpholine rings is 1. The highest BCUT2D eigenvalue weighted by molar-refractivity contribution is 9.09. The number of hydrogen-bond donors (Lipinski definition) is 3. The summed E-state index contributed by atoms with van der Waals surface area (Å²) in [5, 5.41) is 16.1. The summed E-state index contributed by atoms with van der Waals surface area (Å²) in [6.45, 7) is 5.67. The number of amides is 3. The number of halogens is 1. The third-order valence-electron chi connectivity index (χ3n) is 8.23. The molecule has 5 rings (SSSR count). The zero-order chi connectivity index (χ0) is 26.2. The lowest BCUT2D eigenvalue weighted by Crippen LogP contribution is -2.58. The molecule has 37 heavy (non-hydrogen) atoms. The lowest BCUT2D eigenvalue weighted by molar-refractivity contribution is -0.145. The van der Waals surface area contributed by atoms with Gasteiger partial charge in [0.1, 0.15) is 11.6 Å². The number of aliphatic hydroxyl groups excluding tert-OH is 1. The van der Waals surface area contributed by atoms with E-state index in [1.165, 1.54) is 4.90 Å². The van der Waals surface area contributed by atoms with Gasteiger partial charge in [0.25, 0.3) is 0 Å². The molecule has 202 valence electrons. The average Bonchev–Trinajstić information content (AvgIpc) is 3.50. The zero-order valence-electron chi connectivity index (χ0n) is 21.0. The van der Waals surface area contributed by atoms with Gasteiger partial charge in [-0.05, 0) is 25.0 Å². The molecule has 1 aromatic rings. The average molecular weight is 579 g/mol. The first-order valence-corrected chi connectivity index (χ1v) is 14.0. The van der Waals surface area contributed by atoms with Crippen LogP contribution in [0.1, 0.15) is 19.8 Å². The van der Waals surface area contributed by atoms with E-state index in [0.717, 1.165) is 13.1 Å². The monoisotopic (exact) mass is 578 g/mol. The van der Waals surface area contributed by atoms with Gasteiger partial charge in [-0.3, -0.25) is 19.3 Å². The molecule has 4 aliphatic rings. The van der Waals surface area contributed by atoms with Crippen LogP contribution in [0.2, 0.25) is 0 Å². The molecule has 0 aromatic heterocycles. The Kier molecular flexibility index (Phi) is 7.88. The smallest absolute Gasteiger partial charge is 0.245 e. The molecule has 3 N–H and O–H groups in total. The topological polar surface area (TPSA) is 120 Å². The first-order chi connectivity index (χ1) is 17.9. The van der Waals surface area contributed by atoms with Crippen molar-refractivity contribution in [2.75, 3.05) is 51.3 Å². The lowest BCUT2D eigenvalue weighted by Gasteiger charge is -2.36. The van der Waals surface area contributed by atoms with E-state index in [-0.39, 0.29) is 29.2 Å². The van der Waals surface area contributed by atoms with Gasteiger partial charge >= 0.3 is 0 Å². The normalized spacial score (nSPS) is 33.9. The predicted octanol–water partition coefficient (Wildman–Crippen LogP) is 0.592. The Morgan fingerprint density at radius 2 is 1.95 bits per heavy atom. The quantitative estimate of drug-likeness (QED) is 0.367. The van der Waals surface area contributed by atoms with Crippen LogP contribution in [0.4, 0.5) is 5.69 Å². The molecule has 10 nitrogen and oxygen atoms in total. The minimum atomic E-state index is -1.14. The standard InChI is InChI=1S/C26H35BrN4O6/c1-2-17(15-32)31-22(24(34)28-8-9-30-10-12-36-13-11-30)26-14-18(27)21(37-26)19(20(26)25(31)35)23(33)29-16-6-4-3-5-7-16/h3-7,17-22,32H,2,8-15H2,1H3,(H,28,34)(H,29,33)/t17-,18?,19+,20-,21+,22?,26?/m0/s1. The van der Waals surface area contributed by atoms with Crippen molar-refractivity contribution in [2.45, 2.75) is 48.4 Å². The van der Waals surface area contributed by atoms with E-state index in [2.05, 4.69) is 31.5 Å². The van der Waals surface area contributed by atoms with Gasteiger partial charge in [0.2, 0.25) is 17.7 Å². The lowest BCUT2D eigenvalue weighted by atomic mass is 9.70. The van der Waals surface area contributed by atoms with Crippen LogP contribution in [-0.2, 0) is 23.9 Å². The molecule has 4 heterocycles. The number of aliphatic hydroxyl groups is 1. The van der Waals surface area contributed by atoms with Gasteiger partial charge in [-0.2, -0.15) is 0 Å². The highest BCUT2D eigenvalue weighted by Gasteiger charge is 2.76. The van der Waals surface area contributed by atoms with E-state index in [9.17, 15) is 19.5 Å². The van der Waals surface area contributed by atoms with E-state index in [1.54, 1.807) is 12.1 Å². The van der Waals surface area contributed by atoms with Crippen molar-refractivity contribution in [3.8, 4) is 0 Å². The number of carbonyl (C=O) groups is 3. The molecule has 0 radical (unpaired) electrons. The number of nitrogens with zero attached hydrogens (tertiary/aromatic N) is 2. The Morgan fingerprint density at radius 3 is 2.62 bits per heavy atom. The van der Waals surface area contributed by atoms with Crippen LogP contribution in [-0.4, -0.2) is 107 Å². The number of nitrogens with one attached hydrogen (secondary N) is 2. The predicted molar refractivity (Wildman–Crippen MR) is 139 cm³/mol. The molecule has 1 aromatic carbocycles. The molecule has 4 aliphatic heterocycles. The molecule has 0 saturated carbocycles. The fourth-order valence-electron chi connectivity index (χ4n) is 6.48. The molecule has 1 spiro atoms. The maximum absolute atomic E-state index is 14.0. The minimum absolute atomic E-state index is 0.180. The van der Waals surface area contributed by atoms with E-state index >= 15 is 0 Å². The van der Waals surface area contributed by atoms with Crippen molar-refractivity contribution in [1.29, 1.82) is 0 Å². The number of hydrogen-bond acceptors (Lipinski definition) is 7. The number of ether oxygens (including phenoxy) is 2. The summed E-state index contributed by atoms with van der Waals surface area (Å²) in [6.07, 6.45) is 0.381. The summed E-state index contributed by atoms with van der Waals surface area (Å²) in [6, 6.07) is 7.63. The van der Waals surface area contributed by atoms with Crippen LogP contribution in [0.15, 0.2) is 30.3 Å². The van der Waals surface area contributed by atoms with Crippen molar-refractivity contribution in [3.63, 3.8) is 0 Å². The largest absolute Gasteiger partial charge is 0.394 e. The van der Waals surface area contributed by atoms with Gasteiger partial charge in [0, 0.05) is 36.7 Å². The van der Waals surface area contributed by atoms with E-state index in [4.69, 9.17) is 9.47 Å². The number of likely N-dealkylation sites (tertiary alicyclic amines) is 1. The Hall–Kier alpha value is -2.05. The van der Waals surface area contributed by atoms with Gasteiger partial charge in [-0.25, -0.2) is 0 Å². The number of carbonyl (C=O) groups excluding carboxylic acids is 3.